The van der Waals surface area contributed by atoms with E-state index < -0.39 is 10.0 Å². The van der Waals surface area contributed by atoms with Crippen molar-refractivity contribution in [2.45, 2.75) is 22.6 Å². The van der Waals surface area contributed by atoms with E-state index in [1.807, 2.05) is 6.26 Å². The SMILES string of the molecule is COc1cccc(-c2nnc(NC(=O)C3CCN(S(=O)(=O)c4ccc(SC)cc4)CC3)o2)c1. The fourth-order valence-corrected chi connectivity index (χ4v) is 5.49. The number of ether oxygens (including phenoxy) is 1. The first-order valence-corrected chi connectivity index (χ1v) is 13.0. The van der Waals surface area contributed by atoms with Crippen LogP contribution in [0.1, 0.15) is 12.8 Å². The topological polar surface area (TPSA) is 115 Å². The molecule has 9 nitrogen and oxygen atoms in total. The van der Waals surface area contributed by atoms with Crippen LogP contribution >= 0.6 is 11.8 Å². The summed E-state index contributed by atoms with van der Waals surface area (Å²) in [6.07, 6.45) is 2.75. The highest BCUT2D eigenvalue weighted by atomic mass is 32.2. The molecule has 0 bridgehead atoms. The zero-order valence-electron chi connectivity index (χ0n) is 18.2. The minimum absolute atomic E-state index is 0.00162. The van der Waals surface area contributed by atoms with Crippen LogP contribution in [-0.4, -0.2) is 55.3 Å². The van der Waals surface area contributed by atoms with Gasteiger partial charge in [-0.3, -0.25) is 10.1 Å². The van der Waals surface area contributed by atoms with E-state index >= 15 is 0 Å². The maximum atomic E-state index is 12.9. The molecule has 2 aromatic carbocycles. The summed E-state index contributed by atoms with van der Waals surface area (Å²) in [5, 5.41) is 10.5. The molecule has 0 aliphatic carbocycles. The molecule has 1 amide bonds. The number of hydrogen-bond donors (Lipinski definition) is 1. The summed E-state index contributed by atoms with van der Waals surface area (Å²) >= 11 is 1.55. The molecule has 11 heteroatoms. The van der Waals surface area contributed by atoms with Crippen LogP contribution in [0.15, 0.2) is 62.7 Å². The highest BCUT2D eigenvalue weighted by Crippen LogP contribution is 2.27. The average Bonchev–Trinajstić information content (AvgIpc) is 3.32. The summed E-state index contributed by atoms with van der Waals surface area (Å²) in [7, 11) is -2.02. The van der Waals surface area contributed by atoms with Crippen molar-refractivity contribution >= 4 is 33.7 Å². The molecule has 2 heterocycles. The van der Waals surface area contributed by atoms with Crippen LogP contribution in [0.25, 0.3) is 11.5 Å². The Morgan fingerprint density at radius 3 is 2.55 bits per heavy atom. The molecule has 0 spiro atoms. The lowest BCUT2D eigenvalue weighted by atomic mass is 9.97. The lowest BCUT2D eigenvalue weighted by Crippen LogP contribution is -2.41. The first kappa shape index (κ1) is 23.3. The van der Waals surface area contributed by atoms with Gasteiger partial charge in [-0.2, -0.15) is 4.31 Å². The van der Waals surface area contributed by atoms with E-state index in [4.69, 9.17) is 9.15 Å². The van der Waals surface area contributed by atoms with Crippen LogP contribution in [-0.2, 0) is 14.8 Å². The van der Waals surface area contributed by atoms with Crippen LogP contribution in [0.5, 0.6) is 5.75 Å². The predicted octanol–water partition coefficient (Wildman–Crippen LogP) is 3.51. The molecule has 1 N–H and O–H groups in total. The number of aromatic nitrogens is 2. The smallest absolute Gasteiger partial charge is 0.322 e. The molecule has 33 heavy (non-hydrogen) atoms. The van der Waals surface area contributed by atoms with Crippen LogP contribution in [0, 0.1) is 5.92 Å². The van der Waals surface area contributed by atoms with Crippen LogP contribution in [0.4, 0.5) is 6.01 Å². The number of methoxy groups -OCH3 is 1. The fourth-order valence-electron chi connectivity index (χ4n) is 3.61. The third-order valence-electron chi connectivity index (χ3n) is 5.49. The van der Waals surface area contributed by atoms with Gasteiger partial charge in [0.05, 0.1) is 12.0 Å². The van der Waals surface area contributed by atoms with E-state index in [-0.39, 0.29) is 41.7 Å². The Morgan fingerprint density at radius 2 is 1.88 bits per heavy atom. The number of piperidine rings is 1. The second-order valence-electron chi connectivity index (χ2n) is 7.49. The number of nitrogens with zero attached hydrogens (tertiary/aromatic N) is 3. The largest absolute Gasteiger partial charge is 0.497 e. The minimum atomic E-state index is -3.59. The van der Waals surface area contributed by atoms with E-state index in [1.165, 1.54) is 4.31 Å². The summed E-state index contributed by atoms with van der Waals surface area (Å²) in [6.45, 7) is 0.535. The maximum absolute atomic E-state index is 12.9. The third kappa shape index (κ3) is 5.21. The Bertz CT molecular complexity index is 1220. The van der Waals surface area contributed by atoms with E-state index in [0.717, 1.165) is 4.90 Å². The van der Waals surface area contributed by atoms with E-state index in [9.17, 15) is 13.2 Å². The molecule has 4 rings (SSSR count). The fraction of sp³-hybridized carbons (Fsp3) is 0.318. The van der Waals surface area contributed by atoms with Crippen molar-refractivity contribution in [2.75, 3.05) is 31.8 Å². The number of hydrogen-bond acceptors (Lipinski definition) is 8. The Kier molecular flexibility index (Phi) is 7.01. The zero-order valence-corrected chi connectivity index (χ0v) is 19.9. The van der Waals surface area contributed by atoms with Gasteiger partial charge in [-0.05, 0) is 61.6 Å². The minimum Gasteiger partial charge on any atom is -0.497 e. The van der Waals surface area contributed by atoms with Gasteiger partial charge in [0.1, 0.15) is 5.75 Å². The first-order valence-electron chi connectivity index (χ1n) is 10.3. The van der Waals surface area contributed by atoms with Crippen molar-refractivity contribution < 1.29 is 22.4 Å². The van der Waals surface area contributed by atoms with Gasteiger partial charge in [0.2, 0.25) is 21.8 Å². The Morgan fingerprint density at radius 1 is 1.15 bits per heavy atom. The van der Waals surface area contributed by atoms with Crippen molar-refractivity contribution in [3.63, 3.8) is 0 Å². The molecule has 0 radical (unpaired) electrons. The number of carbonyl (C=O) groups excluding carboxylic acids is 1. The van der Waals surface area contributed by atoms with Crippen LogP contribution < -0.4 is 10.1 Å². The third-order valence-corrected chi connectivity index (χ3v) is 8.15. The number of rotatable bonds is 7. The molecule has 174 valence electrons. The number of thioether (sulfide) groups is 1. The van der Waals surface area contributed by atoms with E-state index in [1.54, 1.807) is 67.4 Å². The number of sulfonamides is 1. The van der Waals surface area contributed by atoms with Gasteiger partial charge in [0.25, 0.3) is 0 Å². The number of carbonyl (C=O) groups is 1. The lowest BCUT2D eigenvalue weighted by molar-refractivity contribution is -0.121. The molecule has 1 aliphatic heterocycles. The first-order chi connectivity index (χ1) is 15.9. The van der Waals surface area contributed by atoms with Crippen molar-refractivity contribution in [1.29, 1.82) is 0 Å². The number of nitrogens with one attached hydrogen (secondary N) is 1. The van der Waals surface area contributed by atoms with Gasteiger partial charge in [-0.1, -0.05) is 11.2 Å². The van der Waals surface area contributed by atoms with Gasteiger partial charge in [-0.25, -0.2) is 8.42 Å². The number of anilines is 1. The highest BCUT2D eigenvalue weighted by molar-refractivity contribution is 7.98. The maximum Gasteiger partial charge on any atom is 0.322 e. The zero-order chi connectivity index (χ0) is 23.4. The summed E-state index contributed by atoms with van der Waals surface area (Å²) in [5.41, 5.74) is 0.673. The van der Waals surface area contributed by atoms with Gasteiger partial charge < -0.3 is 9.15 Å². The molecule has 1 aliphatic rings. The van der Waals surface area contributed by atoms with Crippen LogP contribution in [0.2, 0.25) is 0 Å². The molecule has 1 saturated heterocycles. The quantitative estimate of drug-likeness (QED) is 0.503. The predicted molar refractivity (Wildman–Crippen MR) is 125 cm³/mol. The van der Waals surface area contributed by atoms with Gasteiger partial charge >= 0.3 is 6.01 Å². The summed E-state index contributed by atoms with van der Waals surface area (Å²) in [5.74, 6) is 0.301. The van der Waals surface area contributed by atoms with Gasteiger partial charge in [0, 0.05) is 29.5 Å². The molecular weight excluding hydrogens is 464 g/mol. The molecule has 1 aromatic heterocycles. The molecule has 3 aromatic rings. The summed E-state index contributed by atoms with van der Waals surface area (Å²) in [4.78, 5) is 13.9. The second-order valence-corrected chi connectivity index (χ2v) is 10.3. The normalized spacial score (nSPS) is 15.3. The summed E-state index contributed by atoms with van der Waals surface area (Å²) in [6, 6.07) is 14.0. The van der Waals surface area contributed by atoms with Crippen molar-refractivity contribution in [1.82, 2.24) is 14.5 Å². The molecule has 0 atom stereocenters. The van der Waals surface area contributed by atoms with E-state index in [2.05, 4.69) is 15.5 Å². The van der Waals surface area contributed by atoms with Crippen molar-refractivity contribution in [3.05, 3.63) is 48.5 Å². The van der Waals surface area contributed by atoms with E-state index in [0.29, 0.717) is 24.2 Å². The summed E-state index contributed by atoms with van der Waals surface area (Å²) < 4.78 is 38.0. The Hall–Kier alpha value is -2.89. The van der Waals surface area contributed by atoms with Crippen LogP contribution in [0.3, 0.4) is 0 Å². The van der Waals surface area contributed by atoms with Crippen molar-refractivity contribution in [3.8, 4) is 17.2 Å². The average molecular weight is 489 g/mol. The lowest BCUT2D eigenvalue weighted by Gasteiger charge is -2.30. The molecule has 0 unspecified atom stereocenters. The molecule has 0 saturated carbocycles. The monoisotopic (exact) mass is 488 g/mol. The standard InChI is InChI=1S/C22H24N4O5S2/c1-30-17-5-3-4-16(14-17)21-24-25-22(31-21)23-20(27)15-10-12-26(13-11-15)33(28,29)19-8-6-18(32-2)7-9-19/h3-9,14-15H,10-13H2,1-2H3,(H,23,25,27). The Labute approximate surface area is 196 Å². The number of amides is 1. The van der Waals surface area contributed by atoms with Gasteiger partial charge in [-0.15, -0.1) is 16.9 Å². The Balaban J connectivity index is 1.35. The van der Waals surface area contributed by atoms with Gasteiger partial charge in [0.15, 0.2) is 0 Å². The molecule has 1 fully saturated rings. The highest BCUT2D eigenvalue weighted by Gasteiger charge is 2.32. The number of benzene rings is 2. The molecular formula is C22H24N4O5S2. The second kappa shape index (κ2) is 9.94. The van der Waals surface area contributed by atoms with Crippen molar-refractivity contribution in [2.24, 2.45) is 5.92 Å².